The summed E-state index contributed by atoms with van der Waals surface area (Å²) in [6, 6.07) is 12.8. The van der Waals surface area contributed by atoms with Crippen LogP contribution in [0.1, 0.15) is 38.8 Å². The van der Waals surface area contributed by atoms with E-state index in [2.05, 4.69) is 9.98 Å². The molecular formula is C22H28Cl2N4O2. The Labute approximate surface area is 188 Å². The molecule has 0 aliphatic rings. The fourth-order valence-electron chi connectivity index (χ4n) is 2.93. The number of furan rings is 1. The topological polar surface area (TPSA) is 110 Å². The molecule has 3 rings (SSSR count). The lowest BCUT2D eigenvalue weighted by molar-refractivity contribution is 0.474. The van der Waals surface area contributed by atoms with Crippen LogP contribution in [0.4, 0.5) is 0 Å². The van der Waals surface area contributed by atoms with Gasteiger partial charge in [-0.05, 0) is 70.2 Å². The van der Waals surface area contributed by atoms with Gasteiger partial charge in [0.1, 0.15) is 28.8 Å². The molecule has 8 heteroatoms. The van der Waals surface area contributed by atoms with Crippen molar-refractivity contribution in [1.82, 2.24) is 0 Å². The Morgan fingerprint density at radius 2 is 1.37 bits per heavy atom. The molecule has 6 nitrogen and oxygen atoms in total. The first-order valence-electron chi connectivity index (χ1n) is 9.29. The van der Waals surface area contributed by atoms with E-state index in [9.17, 15) is 5.11 Å². The van der Waals surface area contributed by atoms with Crippen LogP contribution in [0.5, 0.6) is 5.75 Å². The van der Waals surface area contributed by atoms with Gasteiger partial charge in [0.05, 0.1) is 5.56 Å². The molecule has 2 aromatic carbocycles. The third kappa shape index (κ3) is 5.68. The predicted octanol–water partition coefficient (Wildman–Crippen LogP) is 4.88. The van der Waals surface area contributed by atoms with Gasteiger partial charge >= 0.3 is 0 Å². The van der Waals surface area contributed by atoms with Crippen molar-refractivity contribution in [1.29, 1.82) is 0 Å². The Balaban J connectivity index is 0.00000225. The summed E-state index contributed by atoms with van der Waals surface area (Å²) >= 11 is 0. The van der Waals surface area contributed by atoms with E-state index < -0.39 is 0 Å². The lowest BCUT2D eigenvalue weighted by Gasteiger charge is -2.07. The van der Waals surface area contributed by atoms with Crippen molar-refractivity contribution in [3.8, 4) is 17.1 Å². The molecule has 0 amide bonds. The third-order valence-electron chi connectivity index (χ3n) is 4.16. The molecule has 0 saturated heterocycles. The maximum absolute atomic E-state index is 10.3. The van der Waals surface area contributed by atoms with Crippen molar-refractivity contribution in [2.75, 3.05) is 0 Å². The normalized spacial score (nSPS) is 12.2. The molecule has 0 aliphatic carbocycles. The van der Waals surface area contributed by atoms with Crippen LogP contribution in [0.15, 0.2) is 56.9 Å². The highest BCUT2D eigenvalue weighted by atomic mass is 35.5. The number of rotatable bonds is 5. The van der Waals surface area contributed by atoms with Gasteiger partial charge in [-0.15, -0.1) is 24.8 Å². The van der Waals surface area contributed by atoms with Gasteiger partial charge in [-0.25, -0.2) is 0 Å². The molecule has 0 fully saturated rings. The van der Waals surface area contributed by atoms with Crippen molar-refractivity contribution in [2.24, 2.45) is 21.5 Å². The van der Waals surface area contributed by atoms with Crippen LogP contribution in [0.3, 0.4) is 0 Å². The number of benzene rings is 2. The Bertz CT molecular complexity index is 1070. The van der Waals surface area contributed by atoms with Crippen molar-refractivity contribution >= 4 is 47.5 Å². The maximum Gasteiger partial charge on any atom is 0.139 e. The minimum Gasteiger partial charge on any atom is -0.507 e. The number of fused-ring (bicyclic) bond motifs is 1. The third-order valence-corrected chi connectivity index (χ3v) is 4.16. The van der Waals surface area contributed by atoms with E-state index in [1.807, 2.05) is 52.0 Å². The molecule has 1 heterocycles. The first-order chi connectivity index (χ1) is 13.2. The summed E-state index contributed by atoms with van der Waals surface area (Å²) in [6.45, 7) is 7.87. The second-order valence-electron chi connectivity index (χ2n) is 7.31. The molecule has 0 saturated carbocycles. The Morgan fingerprint density at radius 1 is 0.833 bits per heavy atom. The van der Waals surface area contributed by atoms with Gasteiger partial charge in [-0.3, -0.25) is 9.98 Å². The van der Waals surface area contributed by atoms with Crippen molar-refractivity contribution in [3.63, 3.8) is 0 Å². The monoisotopic (exact) mass is 450 g/mol. The van der Waals surface area contributed by atoms with Gasteiger partial charge in [0.2, 0.25) is 0 Å². The summed E-state index contributed by atoms with van der Waals surface area (Å²) < 4.78 is 5.95. The maximum atomic E-state index is 10.3. The minimum absolute atomic E-state index is 0. The van der Waals surface area contributed by atoms with Gasteiger partial charge < -0.3 is 21.0 Å². The quantitative estimate of drug-likeness (QED) is 0.379. The molecule has 0 bridgehead atoms. The van der Waals surface area contributed by atoms with Crippen molar-refractivity contribution in [3.05, 3.63) is 53.6 Å². The number of halogens is 2. The van der Waals surface area contributed by atoms with Crippen molar-refractivity contribution < 1.29 is 9.52 Å². The number of aromatic hydroxyl groups is 1. The Kier molecular flexibility index (Phi) is 8.75. The zero-order valence-electron chi connectivity index (χ0n) is 17.4. The van der Waals surface area contributed by atoms with Crippen LogP contribution >= 0.6 is 24.8 Å². The Hall–Kier alpha value is -2.70. The van der Waals surface area contributed by atoms with Crippen molar-refractivity contribution in [2.45, 2.75) is 39.8 Å². The van der Waals surface area contributed by atoms with E-state index in [1.54, 1.807) is 18.2 Å². The number of phenols is 1. The van der Waals surface area contributed by atoms with E-state index in [0.29, 0.717) is 28.6 Å². The first-order valence-corrected chi connectivity index (χ1v) is 9.29. The molecule has 0 unspecified atom stereocenters. The molecular weight excluding hydrogens is 423 g/mol. The summed E-state index contributed by atoms with van der Waals surface area (Å²) in [7, 11) is 0. The lowest BCUT2D eigenvalue weighted by atomic mass is 10.1. The van der Waals surface area contributed by atoms with E-state index in [-0.39, 0.29) is 42.6 Å². The van der Waals surface area contributed by atoms with Gasteiger partial charge in [0.15, 0.2) is 0 Å². The Morgan fingerprint density at radius 3 is 1.93 bits per heavy atom. The predicted molar refractivity (Wildman–Crippen MR) is 130 cm³/mol. The van der Waals surface area contributed by atoms with E-state index >= 15 is 0 Å². The van der Waals surface area contributed by atoms with Crippen LogP contribution in [-0.4, -0.2) is 28.9 Å². The highest BCUT2D eigenvalue weighted by molar-refractivity contribution is 6.01. The summed E-state index contributed by atoms with van der Waals surface area (Å²) in [5.74, 6) is 1.57. The minimum atomic E-state index is 0. The SMILES string of the molecule is CC(C)N=C(N)c1ccc(O)c(-c2cc3cc(C(N)=NC(C)C)ccc3o2)c1.Cl.Cl. The van der Waals surface area contributed by atoms with Crippen LogP contribution in [0, 0.1) is 0 Å². The summed E-state index contributed by atoms with van der Waals surface area (Å²) in [4.78, 5) is 8.75. The zero-order valence-corrected chi connectivity index (χ0v) is 19.1. The highest BCUT2D eigenvalue weighted by Gasteiger charge is 2.14. The van der Waals surface area contributed by atoms with Gasteiger partial charge in [-0.1, -0.05) is 0 Å². The van der Waals surface area contributed by atoms with Gasteiger partial charge in [0.25, 0.3) is 0 Å². The fourth-order valence-corrected chi connectivity index (χ4v) is 2.93. The number of hydrogen-bond acceptors (Lipinski definition) is 4. The molecule has 30 heavy (non-hydrogen) atoms. The van der Waals surface area contributed by atoms with Crippen LogP contribution in [0.2, 0.25) is 0 Å². The zero-order chi connectivity index (χ0) is 20.4. The largest absolute Gasteiger partial charge is 0.507 e. The smallest absolute Gasteiger partial charge is 0.139 e. The second kappa shape index (κ2) is 10.4. The summed E-state index contributed by atoms with van der Waals surface area (Å²) in [5.41, 5.74) is 15.0. The van der Waals surface area contributed by atoms with E-state index in [4.69, 9.17) is 15.9 Å². The molecule has 5 N–H and O–H groups in total. The van der Waals surface area contributed by atoms with Crippen LogP contribution < -0.4 is 11.5 Å². The van der Waals surface area contributed by atoms with E-state index in [0.717, 1.165) is 16.5 Å². The number of aliphatic imine (C=N–C) groups is 2. The van der Waals surface area contributed by atoms with Gasteiger partial charge in [-0.2, -0.15) is 0 Å². The first kappa shape index (κ1) is 25.3. The second-order valence-corrected chi connectivity index (χ2v) is 7.31. The molecule has 0 radical (unpaired) electrons. The number of hydrogen-bond donors (Lipinski definition) is 3. The molecule has 1 aromatic heterocycles. The number of nitrogens with two attached hydrogens (primary N) is 2. The molecule has 0 aliphatic heterocycles. The highest BCUT2D eigenvalue weighted by Crippen LogP contribution is 2.34. The molecule has 0 spiro atoms. The number of amidine groups is 2. The molecule has 162 valence electrons. The number of phenolic OH excluding ortho intramolecular Hbond substituents is 1. The molecule has 3 aromatic rings. The van der Waals surface area contributed by atoms with E-state index in [1.165, 1.54) is 0 Å². The summed E-state index contributed by atoms with van der Waals surface area (Å²) in [5, 5.41) is 11.2. The lowest BCUT2D eigenvalue weighted by Crippen LogP contribution is -2.15. The fraction of sp³-hybridized carbons (Fsp3) is 0.273. The standard InChI is InChI=1S/C22H26N4O2.2ClH/c1-12(2)25-21(23)14-6-8-19-16(9-14)11-20(28-19)17-10-15(5-7-18(17)27)22(24)26-13(3)4;;/h5-13,27H,1-4H3,(H2,23,25)(H2,24,26);2*1H. The number of nitrogens with zero attached hydrogens (tertiary/aromatic N) is 2. The average Bonchev–Trinajstić information content (AvgIpc) is 3.03. The summed E-state index contributed by atoms with van der Waals surface area (Å²) in [6.07, 6.45) is 0. The van der Waals surface area contributed by atoms with Crippen LogP contribution in [-0.2, 0) is 0 Å². The average molecular weight is 451 g/mol. The molecule has 0 atom stereocenters. The van der Waals surface area contributed by atoms with Gasteiger partial charge in [0, 0.05) is 28.6 Å². The van der Waals surface area contributed by atoms with Crippen LogP contribution in [0.25, 0.3) is 22.3 Å².